The van der Waals surface area contributed by atoms with Crippen molar-refractivity contribution < 1.29 is 9.13 Å². The van der Waals surface area contributed by atoms with Gasteiger partial charge < -0.3 is 15.0 Å². The zero-order valence-corrected chi connectivity index (χ0v) is 13.1. The van der Waals surface area contributed by atoms with Crippen LogP contribution in [0.4, 0.5) is 4.39 Å². The van der Waals surface area contributed by atoms with Crippen molar-refractivity contribution in [3.63, 3.8) is 0 Å². The van der Waals surface area contributed by atoms with Crippen molar-refractivity contribution in [3.8, 4) is 0 Å². The molecule has 0 radical (unpaired) electrons. The molecule has 1 aliphatic rings. The summed E-state index contributed by atoms with van der Waals surface area (Å²) in [5.74, 6) is 0.501. The Morgan fingerprint density at radius 3 is 2.95 bits per heavy atom. The molecule has 0 spiro atoms. The Hall–Kier alpha value is -0.970. The van der Waals surface area contributed by atoms with Gasteiger partial charge in [0.1, 0.15) is 5.82 Å². The smallest absolute Gasteiger partial charge is 0.128 e. The molecule has 0 aliphatic carbocycles. The second kappa shape index (κ2) is 8.47. The summed E-state index contributed by atoms with van der Waals surface area (Å²) in [5, 5.41) is 3.49. The average molecular weight is 294 g/mol. The van der Waals surface area contributed by atoms with Crippen LogP contribution < -0.4 is 5.32 Å². The lowest BCUT2D eigenvalue weighted by Crippen LogP contribution is -2.35. The van der Waals surface area contributed by atoms with Gasteiger partial charge in [-0.25, -0.2) is 4.39 Å². The van der Waals surface area contributed by atoms with Crippen LogP contribution >= 0.6 is 0 Å². The van der Waals surface area contributed by atoms with E-state index in [1.54, 1.807) is 19.2 Å². The lowest BCUT2D eigenvalue weighted by atomic mass is 10.1. The van der Waals surface area contributed by atoms with Crippen molar-refractivity contribution in [1.82, 2.24) is 10.2 Å². The number of hydrogen-bond donors (Lipinski definition) is 1. The highest BCUT2D eigenvalue weighted by molar-refractivity contribution is 5.21. The molecule has 1 aliphatic heterocycles. The Labute approximate surface area is 127 Å². The van der Waals surface area contributed by atoms with Gasteiger partial charge in [-0.1, -0.05) is 25.1 Å². The van der Waals surface area contributed by atoms with Gasteiger partial charge in [0, 0.05) is 31.8 Å². The summed E-state index contributed by atoms with van der Waals surface area (Å²) in [6.45, 7) is 6.86. The van der Waals surface area contributed by atoms with Crippen molar-refractivity contribution in [3.05, 3.63) is 35.6 Å². The van der Waals surface area contributed by atoms with E-state index in [-0.39, 0.29) is 11.9 Å². The molecule has 2 rings (SSSR count). The van der Waals surface area contributed by atoms with Crippen LogP contribution in [-0.2, 0) is 4.74 Å². The monoisotopic (exact) mass is 294 g/mol. The van der Waals surface area contributed by atoms with E-state index >= 15 is 0 Å². The molecule has 0 aromatic heterocycles. The van der Waals surface area contributed by atoms with Crippen molar-refractivity contribution >= 4 is 0 Å². The average Bonchev–Trinajstić information content (AvgIpc) is 2.92. The molecular weight excluding hydrogens is 267 g/mol. The van der Waals surface area contributed by atoms with E-state index in [2.05, 4.69) is 17.1 Å². The van der Waals surface area contributed by atoms with Crippen LogP contribution in [0, 0.1) is 11.7 Å². The normalized spacial score (nSPS) is 20.8. The van der Waals surface area contributed by atoms with Gasteiger partial charge in [0.15, 0.2) is 0 Å². The first-order valence-corrected chi connectivity index (χ1v) is 7.93. The van der Waals surface area contributed by atoms with E-state index in [1.165, 1.54) is 6.42 Å². The standard InChI is InChI=1S/C17H27FN2O/c1-3-9-19-17(15-6-4-5-7-16(15)18)12-20-10-8-14(11-20)13-21-2/h4-7,14,17,19H,3,8-13H2,1-2H3. The Morgan fingerprint density at radius 2 is 2.24 bits per heavy atom. The molecule has 1 heterocycles. The maximum atomic E-state index is 14.1. The number of likely N-dealkylation sites (tertiary alicyclic amines) is 1. The molecule has 118 valence electrons. The second-order valence-corrected chi connectivity index (χ2v) is 5.90. The van der Waals surface area contributed by atoms with E-state index in [0.29, 0.717) is 5.92 Å². The summed E-state index contributed by atoms with van der Waals surface area (Å²) in [6, 6.07) is 7.17. The molecule has 0 bridgehead atoms. The number of rotatable bonds is 8. The zero-order chi connectivity index (χ0) is 15.1. The van der Waals surface area contributed by atoms with Gasteiger partial charge in [-0.3, -0.25) is 0 Å². The lowest BCUT2D eigenvalue weighted by Gasteiger charge is -2.25. The first-order chi connectivity index (χ1) is 10.2. The predicted octanol–water partition coefficient (Wildman–Crippen LogP) is 2.83. The van der Waals surface area contributed by atoms with E-state index < -0.39 is 0 Å². The van der Waals surface area contributed by atoms with E-state index in [0.717, 1.165) is 44.8 Å². The van der Waals surface area contributed by atoms with Crippen molar-refractivity contribution in [2.24, 2.45) is 5.92 Å². The Bertz CT molecular complexity index is 427. The maximum absolute atomic E-state index is 14.1. The van der Waals surface area contributed by atoms with Crippen LogP contribution in [0.3, 0.4) is 0 Å². The number of hydrogen-bond acceptors (Lipinski definition) is 3. The first kappa shape index (κ1) is 16.4. The molecule has 1 saturated heterocycles. The van der Waals surface area contributed by atoms with Gasteiger partial charge in [-0.05, 0) is 37.9 Å². The topological polar surface area (TPSA) is 24.5 Å². The minimum atomic E-state index is -0.112. The fourth-order valence-electron chi connectivity index (χ4n) is 3.06. The number of halogens is 1. The third kappa shape index (κ3) is 4.77. The molecule has 1 N–H and O–H groups in total. The van der Waals surface area contributed by atoms with Crippen LogP contribution in [0.2, 0.25) is 0 Å². The van der Waals surface area contributed by atoms with E-state index in [9.17, 15) is 4.39 Å². The minimum absolute atomic E-state index is 0.0624. The molecule has 1 fully saturated rings. The maximum Gasteiger partial charge on any atom is 0.128 e. The molecule has 1 aromatic carbocycles. The van der Waals surface area contributed by atoms with E-state index in [4.69, 9.17) is 4.74 Å². The largest absolute Gasteiger partial charge is 0.384 e. The van der Waals surface area contributed by atoms with Gasteiger partial charge >= 0.3 is 0 Å². The molecular formula is C17H27FN2O. The fraction of sp³-hybridized carbons (Fsp3) is 0.647. The number of nitrogens with one attached hydrogen (secondary N) is 1. The summed E-state index contributed by atoms with van der Waals surface area (Å²) in [5.41, 5.74) is 0.779. The highest BCUT2D eigenvalue weighted by atomic mass is 19.1. The third-order valence-corrected chi connectivity index (χ3v) is 4.13. The quantitative estimate of drug-likeness (QED) is 0.798. The van der Waals surface area contributed by atoms with Gasteiger partial charge in [0.2, 0.25) is 0 Å². The molecule has 0 saturated carbocycles. The molecule has 2 atom stereocenters. The molecule has 2 unspecified atom stereocenters. The first-order valence-electron chi connectivity index (χ1n) is 7.93. The third-order valence-electron chi connectivity index (χ3n) is 4.13. The Kier molecular flexibility index (Phi) is 6.61. The number of methoxy groups -OCH3 is 1. The van der Waals surface area contributed by atoms with Crippen LogP contribution in [-0.4, -0.2) is 44.8 Å². The summed E-state index contributed by atoms with van der Waals surface area (Å²) in [4.78, 5) is 2.42. The van der Waals surface area contributed by atoms with Crippen LogP contribution in [0.5, 0.6) is 0 Å². The summed E-state index contributed by atoms with van der Waals surface area (Å²) in [6.07, 6.45) is 2.23. The summed E-state index contributed by atoms with van der Waals surface area (Å²) in [7, 11) is 1.76. The highest BCUT2D eigenvalue weighted by Gasteiger charge is 2.25. The minimum Gasteiger partial charge on any atom is -0.384 e. The predicted molar refractivity (Wildman–Crippen MR) is 83.9 cm³/mol. The van der Waals surface area contributed by atoms with Crippen molar-refractivity contribution in [2.45, 2.75) is 25.8 Å². The fourth-order valence-corrected chi connectivity index (χ4v) is 3.06. The summed E-state index contributed by atoms with van der Waals surface area (Å²) < 4.78 is 19.3. The van der Waals surface area contributed by atoms with Crippen molar-refractivity contribution in [1.29, 1.82) is 0 Å². The van der Waals surface area contributed by atoms with E-state index in [1.807, 2.05) is 12.1 Å². The van der Waals surface area contributed by atoms with Crippen LogP contribution in [0.25, 0.3) is 0 Å². The van der Waals surface area contributed by atoms with Gasteiger partial charge in [0.25, 0.3) is 0 Å². The molecule has 21 heavy (non-hydrogen) atoms. The number of ether oxygens (including phenoxy) is 1. The molecule has 3 nitrogen and oxygen atoms in total. The highest BCUT2D eigenvalue weighted by Crippen LogP contribution is 2.22. The number of benzene rings is 1. The lowest BCUT2D eigenvalue weighted by molar-refractivity contribution is 0.152. The SMILES string of the molecule is CCCNC(CN1CCC(COC)C1)c1ccccc1F. The molecule has 0 amide bonds. The van der Waals surface area contributed by atoms with Crippen molar-refractivity contribution in [2.75, 3.05) is 39.9 Å². The molecule has 1 aromatic rings. The Morgan fingerprint density at radius 1 is 1.43 bits per heavy atom. The van der Waals surface area contributed by atoms with Gasteiger partial charge in [-0.2, -0.15) is 0 Å². The van der Waals surface area contributed by atoms with Gasteiger partial charge in [-0.15, -0.1) is 0 Å². The van der Waals surface area contributed by atoms with Gasteiger partial charge in [0.05, 0.1) is 6.61 Å². The number of nitrogens with zero attached hydrogens (tertiary/aromatic N) is 1. The summed E-state index contributed by atoms with van der Waals surface area (Å²) >= 11 is 0. The van der Waals surface area contributed by atoms with Crippen LogP contribution in [0.15, 0.2) is 24.3 Å². The van der Waals surface area contributed by atoms with Crippen LogP contribution in [0.1, 0.15) is 31.4 Å². The molecule has 4 heteroatoms. The zero-order valence-electron chi connectivity index (χ0n) is 13.1. The Balaban J connectivity index is 1.99. The second-order valence-electron chi connectivity index (χ2n) is 5.90.